The van der Waals surface area contributed by atoms with Gasteiger partial charge in [-0.2, -0.15) is 10.2 Å². The lowest BCUT2D eigenvalue weighted by Crippen LogP contribution is -2.41. The minimum Gasteiger partial charge on any atom is -0.357 e. The Bertz CT molecular complexity index is 772. The van der Waals surface area contributed by atoms with Crippen LogP contribution in [0.1, 0.15) is 18.9 Å². The zero-order valence-corrected chi connectivity index (χ0v) is 14.4. The molecule has 0 radical (unpaired) electrons. The van der Waals surface area contributed by atoms with E-state index in [-0.39, 0.29) is 6.04 Å². The molecule has 4 nitrogen and oxygen atoms in total. The molecule has 0 saturated carbocycles. The van der Waals surface area contributed by atoms with Crippen LogP contribution in [0, 0.1) is 0 Å². The van der Waals surface area contributed by atoms with E-state index >= 15 is 0 Å². The average Bonchev–Trinajstić information content (AvgIpc) is 2.63. The monoisotopic (exact) mass is 333 g/mol. The maximum atomic E-state index is 6.12. The summed E-state index contributed by atoms with van der Waals surface area (Å²) in [5, 5.41) is 8.88. The molecule has 2 aliphatic rings. The van der Waals surface area contributed by atoms with Crippen molar-refractivity contribution in [2.75, 3.05) is 6.61 Å². The molecule has 2 N–H and O–H groups in total. The number of allylic oxidation sites excluding steroid dienone is 3. The van der Waals surface area contributed by atoms with Gasteiger partial charge in [-0.25, -0.2) is 0 Å². The molecule has 0 bridgehead atoms. The first-order valence-electron chi connectivity index (χ1n) is 8.53. The first-order chi connectivity index (χ1) is 12.2. The van der Waals surface area contributed by atoms with Crippen molar-refractivity contribution in [1.29, 1.82) is 0 Å². The molecule has 2 aliphatic carbocycles. The lowest BCUT2D eigenvalue weighted by molar-refractivity contribution is 0.00526. The third-order valence-electron chi connectivity index (χ3n) is 4.04. The Hall–Kier alpha value is -2.56. The van der Waals surface area contributed by atoms with Crippen molar-refractivity contribution in [2.24, 2.45) is 16.0 Å². The second-order valence-corrected chi connectivity index (χ2v) is 6.01. The third-order valence-corrected chi connectivity index (χ3v) is 4.04. The van der Waals surface area contributed by atoms with Crippen molar-refractivity contribution in [3.8, 4) is 0 Å². The lowest BCUT2D eigenvalue weighted by atomic mass is 10.00. The van der Waals surface area contributed by atoms with Crippen LogP contribution in [-0.4, -0.2) is 18.4 Å². The van der Waals surface area contributed by atoms with E-state index in [2.05, 4.69) is 34.5 Å². The van der Waals surface area contributed by atoms with Gasteiger partial charge in [0.15, 0.2) is 0 Å². The maximum Gasteiger partial charge on any atom is 0.139 e. The van der Waals surface area contributed by atoms with E-state index in [0.29, 0.717) is 13.0 Å². The molecule has 0 fully saturated rings. The largest absolute Gasteiger partial charge is 0.357 e. The lowest BCUT2D eigenvalue weighted by Gasteiger charge is -2.26. The summed E-state index contributed by atoms with van der Waals surface area (Å²) in [6.45, 7) is 2.52. The van der Waals surface area contributed by atoms with Gasteiger partial charge >= 0.3 is 0 Å². The summed E-state index contributed by atoms with van der Waals surface area (Å²) in [7, 11) is 0. The molecule has 0 aliphatic heterocycles. The average molecular weight is 333 g/mol. The first-order valence-corrected chi connectivity index (χ1v) is 8.53. The molecule has 0 aromatic heterocycles. The molecule has 1 aromatic rings. The second-order valence-electron chi connectivity index (χ2n) is 6.01. The van der Waals surface area contributed by atoms with Crippen molar-refractivity contribution < 1.29 is 4.74 Å². The molecule has 0 heterocycles. The minimum absolute atomic E-state index is 0.0871. The van der Waals surface area contributed by atoms with Crippen LogP contribution in [0.25, 0.3) is 6.08 Å². The summed E-state index contributed by atoms with van der Waals surface area (Å²) in [5.41, 5.74) is 8.47. The van der Waals surface area contributed by atoms with Gasteiger partial charge in [-0.1, -0.05) is 60.7 Å². The predicted molar refractivity (Wildman–Crippen MR) is 102 cm³/mol. The van der Waals surface area contributed by atoms with E-state index in [0.717, 1.165) is 16.8 Å². The van der Waals surface area contributed by atoms with Crippen molar-refractivity contribution in [3.05, 3.63) is 89.7 Å². The molecular formula is C21H23N3O. The number of benzene rings is 1. The summed E-state index contributed by atoms with van der Waals surface area (Å²) >= 11 is 0. The summed E-state index contributed by atoms with van der Waals surface area (Å²) in [5.74, 6) is 0. The second kappa shape index (κ2) is 8.01. The Morgan fingerprint density at radius 1 is 1.24 bits per heavy atom. The SMILES string of the molecule is CCOC1(N)C=CC(N=NC2C=CC=CC2=Cc2ccccc2)=CC1. The van der Waals surface area contributed by atoms with Gasteiger partial charge in [-0.15, -0.1) is 0 Å². The molecule has 3 rings (SSSR count). The number of nitrogens with zero attached hydrogens (tertiary/aromatic N) is 2. The number of hydrogen-bond donors (Lipinski definition) is 1. The number of hydrogen-bond acceptors (Lipinski definition) is 4. The van der Waals surface area contributed by atoms with Gasteiger partial charge in [0.1, 0.15) is 11.8 Å². The molecule has 25 heavy (non-hydrogen) atoms. The summed E-state index contributed by atoms with van der Waals surface area (Å²) < 4.78 is 5.54. The van der Waals surface area contributed by atoms with Gasteiger partial charge in [-0.3, -0.25) is 5.73 Å². The molecule has 1 aromatic carbocycles. The highest BCUT2D eigenvalue weighted by molar-refractivity contribution is 5.59. The molecule has 2 unspecified atom stereocenters. The van der Waals surface area contributed by atoms with Crippen molar-refractivity contribution in [3.63, 3.8) is 0 Å². The summed E-state index contributed by atoms with van der Waals surface area (Å²) in [6, 6.07) is 10.1. The molecule has 0 spiro atoms. The smallest absolute Gasteiger partial charge is 0.139 e. The van der Waals surface area contributed by atoms with Gasteiger partial charge in [-0.05, 0) is 36.3 Å². The number of rotatable bonds is 5. The van der Waals surface area contributed by atoms with E-state index < -0.39 is 5.72 Å². The number of azo groups is 1. The van der Waals surface area contributed by atoms with Crippen molar-refractivity contribution in [2.45, 2.75) is 25.1 Å². The van der Waals surface area contributed by atoms with Gasteiger partial charge in [0.25, 0.3) is 0 Å². The van der Waals surface area contributed by atoms with Crippen LogP contribution in [0.4, 0.5) is 0 Å². The highest BCUT2D eigenvalue weighted by Crippen LogP contribution is 2.23. The fourth-order valence-corrected chi connectivity index (χ4v) is 2.73. The van der Waals surface area contributed by atoms with Crippen LogP contribution in [0.2, 0.25) is 0 Å². The highest BCUT2D eigenvalue weighted by atomic mass is 16.5. The zero-order chi connectivity index (χ0) is 17.5. The Labute approximate surface area is 148 Å². The molecule has 4 heteroatoms. The molecule has 128 valence electrons. The van der Waals surface area contributed by atoms with Gasteiger partial charge in [0, 0.05) is 13.0 Å². The zero-order valence-electron chi connectivity index (χ0n) is 14.4. The van der Waals surface area contributed by atoms with E-state index in [1.165, 1.54) is 0 Å². The minimum atomic E-state index is -0.723. The molecular weight excluding hydrogens is 310 g/mol. The summed E-state index contributed by atoms with van der Waals surface area (Å²) in [6.07, 6.45) is 16.5. The van der Waals surface area contributed by atoms with Gasteiger partial charge in [0.05, 0.1) is 5.70 Å². The number of nitrogens with two attached hydrogens (primary N) is 1. The topological polar surface area (TPSA) is 60.0 Å². The van der Waals surface area contributed by atoms with Crippen LogP contribution >= 0.6 is 0 Å². The molecule has 0 amide bonds. The van der Waals surface area contributed by atoms with Crippen molar-refractivity contribution in [1.82, 2.24) is 0 Å². The standard InChI is InChI=1S/C21H23N3O/c1-2-25-21(22)14-12-19(13-15-21)23-24-20-11-7-6-10-18(20)16-17-8-4-3-5-9-17/h3-14,16,20H,2,15,22H2,1H3. The predicted octanol–water partition coefficient (Wildman–Crippen LogP) is 4.55. The van der Waals surface area contributed by atoms with Crippen molar-refractivity contribution >= 4 is 6.08 Å². The van der Waals surface area contributed by atoms with E-state index in [9.17, 15) is 0 Å². The summed E-state index contributed by atoms with van der Waals surface area (Å²) in [4.78, 5) is 0. The van der Waals surface area contributed by atoms with Crippen LogP contribution in [-0.2, 0) is 4.74 Å². The van der Waals surface area contributed by atoms with Gasteiger partial charge < -0.3 is 4.74 Å². The number of ether oxygens (including phenoxy) is 1. The van der Waals surface area contributed by atoms with E-state index in [1.807, 2.05) is 61.6 Å². The van der Waals surface area contributed by atoms with Crippen LogP contribution in [0.15, 0.2) is 94.4 Å². The third kappa shape index (κ3) is 4.72. The highest BCUT2D eigenvalue weighted by Gasteiger charge is 2.23. The normalized spacial score (nSPS) is 27.2. The van der Waals surface area contributed by atoms with E-state index in [4.69, 9.17) is 10.5 Å². The fourth-order valence-electron chi connectivity index (χ4n) is 2.73. The van der Waals surface area contributed by atoms with Crippen LogP contribution in [0.5, 0.6) is 0 Å². The fraction of sp³-hybridized carbons (Fsp3) is 0.238. The Balaban J connectivity index is 1.71. The molecule has 2 atom stereocenters. The van der Waals surface area contributed by atoms with Gasteiger partial charge in [0.2, 0.25) is 0 Å². The maximum absolute atomic E-state index is 6.12. The Morgan fingerprint density at radius 2 is 2.08 bits per heavy atom. The van der Waals surface area contributed by atoms with Crippen LogP contribution < -0.4 is 5.73 Å². The quantitative estimate of drug-likeness (QED) is 0.634. The Kier molecular flexibility index (Phi) is 5.53. The van der Waals surface area contributed by atoms with Crippen LogP contribution in [0.3, 0.4) is 0 Å². The van der Waals surface area contributed by atoms with E-state index in [1.54, 1.807) is 0 Å². The molecule has 0 saturated heterocycles. The Morgan fingerprint density at radius 3 is 2.80 bits per heavy atom. The first kappa shape index (κ1) is 17.3.